The summed E-state index contributed by atoms with van der Waals surface area (Å²) in [5.74, 6) is -3.32. The second kappa shape index (κ2) is 11.4. The van der Waals surface area contributed by atoms with Gasteiger partial charge in [-0.2, -0.15) is 48.6 Å². The number of aromatic nitrogens is 1. The lowest BCUT2D eigenvalue weighted by Gasteiger charge is -2.33. The summed E-state index contributed by atoms with van der Waals surface area (Å²) in [5, 5.41) is 21.2. The summed E-state index contributed by atoms with van der Waals surface area (Å²) in [4.78, 5) is 0. The molecule has 0 saturated heterocycles. The number of nitrogens with zero attached hydrogens (tertiary/aromatic N) is 1. The Morgan fingerprint density at radius 2 is 1.18 bits per heavy atom. The van der Waals surface area contributed by atoms with Crippen LogP contribution in [-0.4, -0.2) is 30.7 Å². The largest absolute Gasteiger partial charge is 0.619 e. The summed E-state index contributed by atoms with van der Waals surface area (Å²) < 4.78 is 140. The average Bonchev–Trinajstić information content (AvgIpc) is 2.84. The van der Waals surface area contributed by atoms with Gasteiger partial charge in [-0.15, -0.1) is 0 Å². The molecule has 3 rings (SSSR count). The number of aliphatic hydroxyl groups is 1. The van der Waals surface area contributed by atoms with E-state index in [9.17, 15) is 54.2 Å². The van der Waals surface area contributed by atoms with E-state index in [2.05, 4.69) is 9.47 Å². The maximum absolute atomic E-state index is 13.3. The lowest BCUT2D eigenvalue weighted by molar-refractivity contribution is -0.605. The van der Waals surface area contributed by atoms with Gasteiger partial charge in [0.05, 0.1) is 0 Å². The maximum atomic E-state index is 13.3. The van der Waals surface area contributed by atoms with Crippen molar-refractivity contribution in [1.82, 2.24) is 0 Å². The third kappa shape index (κ3) is 6.35. The second-order valence-corrected chi connectivity index (χ2v) is 8.55. The fraction of sp³-hybridized carbons (Fsp3) is 0.320. The molecule has 0 radical (unpaired) electrons. The molecule has 0 saturated carbocycles. The number of benzene rings is 2. The molecule has 2 aromatic carbocycles. The number of hydrogen-bond acceptors (Lipinski definition) is 4. The van der Waals surface area contributed by atoms with Gasteiger partial charge in [-0.3, -0.25) is 0 Å². The van der Waals surface area contributed by atoms with E-state index >= 15 is 0 Å². The Labute approximate surface area is 219 Å². The molecule has 5 nitrogen and oxygen atoms in total. The minimum atomic E-state index is -6.13. The van der Waals surface area contributed by atoms with Gasteiger partial charge in [0.15, 0.2) is 23.9 Å². The fourth-order valence-electron chi connectivity index (χ4n) is 4.21. The van der Waals surface area contributed by atoms with Crippen molar-refractivity contribution in [2.24, 2.45) is 0 Å². The molecule has 0 aliphatic carbocycles. The van der Waals surface area contributed by atoms with Crippen molar-refractivity contribution >= 4 is 0 Å². The van der Waals surface area contributed by atoms with Crippen molar-refractivity contribution in [2.45, 2.75) is 49.9 Å². The molecule has 0 unspecified atom stereocenters. The Balaban J connectivity index is 2.18. The zero-order chi connectivity index (χ0) is 30.0. The fourth-order valence-corrected chi connectivity index (χ4v) is 4.21. The maximum Gasteiger partial charge on any atom is 0.430 e. The highest BCUT2D eigenvalue weighted by atomic mass is 19.4. The van der Waals surface area contributed by atoms with Crippen molar-refractivity contribution < 1.29 is 63.2 Å². The van der Waals surface area contributed by atoms with Gasteiger partial charge in [-0.05, 0) is 34.7 Å². The zero-order valence-electron chi connectivity index (χ0n) is 20.1. The highest BCUT2D eigenvalue weighted by Crippen LogP contribution is 2.50. The Hall–Kier alpha value is -3.75. The third-order valence-electron chi connectivity index (χ3n) is 6.12. The van der Waals surface area contributed by atoms with Crippen LogP contribution in [0.25, 0.3) is 0 Å². The number of ether oxygens (including phenoxy) is 2. The number of halogens is 10. The molecule has 1 N–H and O–H groups in total. The summed E-state index contributed by atoms with van der Waals surface area (Å²) in [6.45, 7) is -5.31. The number of alkyl halides is 10. The first-order valence-corrected chi connectivity index (χ1v) is 11.1. The molecule has 15 heteroatoms. The number of hydrogen-bond donors (Lipinski definition) is 1. The molecule has 218 valence electrons. The monoisotopic (exact) mass is 587 g/mol. The predicted molar refractivity (Wildman–Crippen MR) is 118 cm³/mol. The highest BCUT2D eigenvalue weighted by Gasteiger charge is 2.71. The summed E-state index contributed by atoms with van der Waals surface area (Å²) in [7, 11) is 0. The summed E-state index contributed by atoms with van der Waals surface area (Å²) in [5.41, 5.74) is -6.16. The Bertz CT molecular complexity index is 1260. The smallest absolute Gasteiger partial charge is 0.430 e. The van der Waals surface area contributed by atoms with Crippen molar-refractivity contribution in [1.29, 1.82) is 0 Å². The summed E-state index contributed by atoms with van der Waals surface area (Å²) >= 11 is 0. The third-order valence-corrected chi connectivity index (χ3v) is 6.12. The van der Waals surface area contributed by atoms with Crippen LogP contribution >= 0.6 is 0 Å². The standard InChI is InChI=1S/C25H19F10NO4/c1-13(14-8-10-36(38)11-9-14)20(16-4-7-18(39-21(26)27)19(12-16)40-22(28)29)15-2-5-17(6-3-15)23(37,24(30,31)32)25(33,34)35/h2-13,20-22,37H,1H3/t13-,20+/m1/s1. The molecule has 0 spiro atoms. The number of rotatable bonds is 9. The van der Waals surface area contributed by atoms with Crippen molar-refractivity contribution in [2.75, 3.05) is 0 Å². The second-order valence-electron chi connectivity index (χ2n) is 8.55. The first-order valence-electron chi connectivity index (χ1n) is 11.1. The van der Waals surface area contributed by atoms with E-state index < -0.39 is 60.1 Å². The molecule has 1 heterocycles. The van der Waals surface area contributed by atoms with E-state index in [4.69, 9.17) is 0 Å². The van der Waals surface area contributed by atoms with Gasteiger partial charge in [0.25, 0.3) is 5.60 Å². The lowest BCUT2D eigenvalue weighted by Crippen LogP contribution is -2.53. The molecule has 0 aliphatic rings. The Kier molecular flexibility index (Phi) is 8.77. The topological polar surface area (TPSA) is 65.6 Å². The lowest BCUT2D eigenvalue weighted by atomic mass is 9.77. The van der Waals surface area contributed by atoms with Crippen LogP contribution in [-0.2, 0) is 5.60 Å². The zero-order valence-corrected chi connectivity index (χ0v) is 20.1. The summed E-state index contributed by atoms with van der Waals surface area (Å²) in [6.07, 6.45) is -10.0. The van der Waals surface area contributed by atoms with Gasteiger partial charge < -0.3 is 19.8 Å². The van der Waals surface area contributed by atoms with Crippen molar-refractivity contribution in [3.05, 3.63) is 94.5 Å². The van der Waals surface area contributed by atoms with Crippen LogP contribution in [0.3, 0.4) is 0 Å². The summed E-state index contributed by atoms with van der Waals surface area (Å²) in [6, 6.07) is 8.28. The first-order chi connectivity index (χ1) is 18.5. The number of pyridine rings is 1. The molecule has 0 fully saturated rings. The van der Waals surface area contributed by atoms with Crippen LogP contribution in [0.5, 0.6) is 11.5 Å². The van der Waals surface area contributed by atoms with Crippen LogP contribution in [0.2, 0.25) is 0 Å². The van der Waals surface area contributed by atoms with Crippen LogP contribution in [0.15, 0.2) is 67.0 Å². The van der Waals surface area contributed by atoms with E-state index in [0.29, 0.717) is 22.4 Å². The molecule has 0 amide bonds. The molecular formula is C25H19F10NO4. The van der Waals surface area contributed by atoms with E-state index in [1.165, 1.54) is 18.2 Å². The normalized spacial score (nSPS) is 14.3. The van der Waals surface area contributed by atoms with Gasteiger partial charge in [0, 0.05) is 23.6 Å². The minimum absolute atomic E-state index is 0.0485. The van der Waals surface area contributed by atoms with Crippen LogP contribution in [0.1, 0.15) is 41.0 Å². The van der Waals surface area contributed by atoms with Crippen molar-refractivity contribution in [3.63, 3.8) is 0 Å². The predicted octanol–water partition coefficient (Wildman–Crippen LogP) is 6.77. The molecular weight excluding hydrogens is 568 g/mol. The van der Waals surface area contributed by atoms with Gasteiger partial charge in [0.2, 0.25) is 0 Å². The van der Waals surface area contributed by atoms with Crippen molar-refractivity contribution in [3.8, 4) is 11.5 Å². The Morgan fingerprint density at radius 3 is 1.65 bits per heavy atom. The van der Waals surface area contributed by atoms with Crippen LogP contribution in [0.4, 0.5) is 43.9 Å². The first kappa shape index (κ1) is 30.8. The van der Waals surface area contributed by atoms with Crippen LogP contribution < -0.4 is 14.2 Å². The quantitative estimate of drug-likeness (QED) is 0.171. The average molecular weight is 587 g/mol. The molecule has 1 aromatic heterocycles. The van der Waals surface area contributed by atoms with Gasteiger partial charge in [-0.25, -0.2) is 0 Å². The van der Waals surface area contributed by atoms with Crippen LogP contribution in [0, 0.1) is 5.21 Å². The van der Waals surface area contributed by atoms with Gasteiger partial charge in [0.1, 0.15) is 0 Å². The van der Waals surface area contributed by atoms with Gasteiger partial charge in [-0.1, -0.05) is 37.3 Å². The van der Waals surface area contributed by atoms with Gasteiger partial charge >= 0.3 is 25.6 Å². The van der Waals surface area contributed by atoms with E-state index in [0.717, 1.165) is 36.7 Å². The highest BCUT2D eigenvalue weighted by molar-refractivity contribution is 5.48. The van der Waals surface area contributed by atoms with E-state index in [1.54, 1.807) is 6.92 Å². The molecule has 2 atom stereocenters. The molecule has 3 aromatic rings. The minimum Gasteiger partial charge on any atom is -0.619 e. The molecule has 40 heavy (non-hydrogen) atoms. The SMILES string of the molecule is C[C@H](c1cc[n+]([O-])cc1)[C@@H](c1ccc(C(O)(C(F)(F)F)C(F)(F)F)cc1)c1ccc(OC(F)F)c(OC(F)F)c1. The Morgan fingerprint density at radius 1 is 0.700 bits per heavy atom. The molecule has 0 bridgehead atoms. The van der Waals surface area contributed by atoms with E-state index in [-0.39, 0.29) is 11.1 Å². The molecule has 0 aliphatic heterocycles. The van der Waals surface area contributed by atoms with E-state index in [1.807, 2.05) is 0 Å².